The van der Waals surface area contributed by atoms with E-state index in [9.17, 15) is 14.7 Å². The number of phenolic OH excluding ortho intramolecular Hbond substituents is 1. The number of hydrogen-bond acceptors (Lipinski definition) is 7. The lowest BCUT2D eigenvalue weighted by molar-refractivity contribution is -0.140. The standard InChI is InChI=1S/C19H15N3O4S/c1-26-16(24)9-11(17-15(23)7-6-14-18(17)22-27-21-14)12-8-10-4-2-3-5-13(10)20-19(12)25/h2-8,11,23H,9H2,1H3,(H,20,25)/t11-/m1/s1. The van der Waals surface area contributed by atoms with Crippen molar-refractivity contribution in [3.05, 3.63) is 63.9 Å². The smallest absolute Gasteiger partial charge is 0.306 e. The number of fused-ring (bicyclic) bond motifs is 2. The number of phenols is 1. The molecule has 0 spiro atoms. The molecule has 0 saturated carbocycles. The van der Waals surface area contributed by atoms with Gasteiger partial charge in [0, 0.05) is 22.6 Å². The van der Waals surface area contributed by atoms with Crippen LogP contribution in [0.25, 0.3) is 21.9 Å². The second-order valence-electron chi connectivity index (χ2n) is 6.10. The number of aromatic nitrogens is 3. The Labute approximate surface area is 157 Å². The van der Waals surface area contributed by atoms with Crippen LogP contribution in [0.3, 0.4) is 0 Å². The zero-order valence-electron chi connectivity index (χ0n) is 14.3. The number of nitrogens with zero attached hydrogens (tertiary/aromatic N) is 2. The van der Waals surface area contributed by atoms with Crippen molar-refractivity contribution in [2.75, 3.05) is 7.11 Å². The minimum atomic E-state index is -0.724. The molecule has 0 bridgehead atoms. The van der Waals surface area contributed by atoms with Gasteiger partial charge in [-0.15, -0.1) is 0 Å². The molecule has 0 fully saturated rings. The fourth-order valence-corrected chi connectivity index (χ4v) is 3.79. The van der Waals surface area contributed by atoms with E-state index in [0.717, 1.165) is 17.1 Å². The van der Waals surface area contributed by atoms with Crippen LogP contribution in [0.2, 0.25) is 0 Å². The van der Waals surface area contributed by atoms with Gasteiger partial charge in [-0.1, -0.05) is 18.2 Å². The molecule has 0 radical (unpaired) electrons. The fourth-order valence-electron chi connectivity index (χ4n) is 3.24. The quantitative estimate of drug-likeness (QED) is 0.527. The number of ether oxygens (including phenoxy) is 1. The van der Waals surface area contributed by atoms with Crippen molar-refractivity contribution in [1.82, 2.24) is 13.7 Å². The molecule has 0 amide bonds. The SMILES string of the molecule is COC(=O)C[C@H](c1cc2ccccc2[nH]c1=O)c1c(O)ccc2nsnc12. The lowest BCUT2D eigenvalue weighted by Gasteiger charge is -2.18. The summed E-state index contributed by atoms with van der Waals surface area (Å²) in [7, 11) is 1.29. The average Bonchev–Trinajstić information content (AvgIpc) is 3.14. The second kappa shape index (κ2) is 6.81. The summed E-state index contributed by atoms with van der Waals surface area (Å²) in [6.45, 7) is 0. The summed E-state index contributed by atoms with van der Waals surface area (Å²) in [6.07, 6.45) is -0.109. The molecule has 8 heteroatoms. The molecule has 2 aromatic carbocycles. The summed E-state index contributed by atoms with van der Waals surface area (Å²) in [5.41, 5.74) is 2.19. The third kappa shape index (κ3) is 3.04. The molecular formula is C19H15N3O4S. The number of aromatic hydroxyl groups is 1. The number of nitrogens with one attached hydrogen (secondary N) is 1. The Hall–Kier alpha value is -3.26. The number of aromatic amines is 1. The largest absolute Gasteiger partial charge is 0.508 e. The highest BCUT2D eigenvalue weighted by Crippen LogP contribution is 2.38. The maximum absolute atomic E-state index is 12.8. The van der Waals surface area contributed by atoms with Crippen molar-refractivity contribution in [3.8, 4) is 5.75 Å². The van der Waals surface area contributed by atoms with E-state index in [1.807, 2.05) is 18.2 Å². The molecule has 0 unspecified atom stereocenters. The molecule has 2 aromatic heterocycles. The molecule has 0 aliphatic rings. The highest BCUT2D eigenvalue weighted by atomic mass is 32.1. The van der Waals surface area contributed by atoms with Crippen molar-refractivity contribution in [3.63, 3.8) is 0 Å². The monoisotopic (exact) mass is 381 g/mol. The number of para-hydroxylation sites is 1. The molecule has 0 aliphatic heterocycles. The number of benzene rings is 2. The number of carbonyl (C=O) groups is 1. The van der Waals surface area contributed by atoms with Crippen molar-refractivity contribution in [1.29, 1.82) is 0 Å². The molecular weight excluding hydrogens is 366 g/mol. The highest BCUT2D eigenvalue weighted by Gasteiger charge is 2.27. The Morgan fingerprint density at radius 3 is 2.89 bits per heavy atom. The van der Waals surface area contributed by atoms with Gasteiger partial charge >= 0.3 is 5.97 Å². The predicted octanol–water partition coefficient (Wildman–Crippen LogP) is 2.93. The van der Waals surface area contributed by atoms with Gasteiger partial charge in [0.1, 0.15) is 16.8 Å². The van der Waals surface area contributed by atoms with E-state index in [1.165, 1.54) is 13.2 Å². The Morgan fingerprint density at radius 1 is 1.26 bits per heavy atom. The maximum Gasteiger partial charge on any atom is 0.306 e. The van der Waals surface area contributed by atoms with Crippen LogP contribution in [0.15, 0.2) is 47.3 Å². The molecule has 4 aromatic rings. The Bertz CT molecular complexity index is 1210. The normalized spacial score (nSPS) is 12.3. The molecule has 27 heavy (non-hydrogen) atoms. The number of pyridine rings is 1. The Kier molecular flexibility index (Phi) is 4.33. The van der Waals surface area contributed by atoms with Gasteiger partial charge in [-0.05, 0) is 29.7 Å². The van der Waals surface area contributed by atoms with Gasteiger partial charge in [-0.2, -0.15) is 8.75 Å². The van der Waals surface area contributed by atoms with Gasteiger partial charge in [-0.3, -0.25) is 9.59 Å². The van der Waals surface area contributed by atoms with Crippen molar-refractivity contribution >= 4 is 39.6 Å². The van der Waals surface area contributed by atoms with Gasteiger partial charge in [0.2, 0.25) is 0 Å². The Morgan fingerprint density at radius 2 is 2.07 bits per heavy atom. The van der Waals surface area contributed by atoms with E-state index >= 15 is 0 Å². The van der Waals surface area contributed by atoms with Crippen LogP contribution in [0.4, 0.5) is 0 Å². The molecule has 0 aliphatic carbocycles. The van der Waals surface area contributed by atoms with Crippen LogP contribution in [-0.4, -0.2) is 31.9 Å². The predicted molar refractivity (Wildman–Crippen MR) is 102 cm³/mol. The summed E-state index contributed by atoms with van der Waals surface area (Å²) >= 11 is 1.01. The van der Waals surface area contributed by atoms with Crippen LogP contribution in [-0.2, 0) is 9.53 Å². The molecule has 1 atom stereocenters. The Balaban J connectivity index is 1.99. The molecule has 4 rings (SSSR count). The number of H-pyrrole nitrogens is 1. The molecule has 2 heterocycles. The van der Waals surface area contributed by atoms with Gasteiger partial charge in [0.15, 0.2) is 0 Å². The third-order valence-electron chi connectivity index (χ3n) is 4.55. The van der Waals surface area contributed by atoms with Crippen LogP contribution >= 0.6 is 11.7 Å². The highest BCUT2D eigenvalue weighted by molar-refractivity contribution is 7.00. The summed E-state index contributed by atoms with van der Waals surface area (Å²) in [6, 6.07) is 12.3. The molecule has 7 nitrogen and oxygen atoms in total. The lowest BCUT2D eigenvalue weighted by Crippen LogP contribution is -2.20. The first-order valence-corrected chi connectivity index (χ1v) is 8.94. The zero-order chi connectivity index (χ0) is 19.0. The summed E-state index contributed by atoms with van der Waals surface area (Å²) < 4.78 is 13.3. The maximum atomic E-state index is 12.8. The van der Waals surface area contributed by atoms with E-state index in [-0.39, 0.29) is 17.7 Å². The number of hydrogen-bond donors (Lipinski definition) is 2. The van der Waals surface area contributed by atoms with Crippen LogP contribution in [0, 0.1) is 0 Å². The van der Waals surface area contributed by atoms with Gasteiger partial charge in [0.25, 0.3) is 5.56 Å². The third-order valence-corrected chi connectivity index (χ3v) is 5.09. The first-order valence-electron chi connectivity index (χ1n) is 8.21. The van der Waals surface area contributed by atoms with Crippen LogP contribution < -0.4 is 5.56 Å². The fraction of sp³-hybridized carbons (Fsp3) is 0.158. The van der Waals surface area contributed by atoms with E-state index in [1.54, 1.807) is 18.2 Å². The van der Waals surface area contributed by atoms with Crippen LogP contribution in [0.5, 0.6) is 5.75 Å². The van der Waals surface area contributed by atoms with E-state index < -0.39 is 11.9 Å². The number of methoxy groups -OCH3 is 1. The van der Waals surface area contributed by atoms with Gasteiger partial charge < -0.3 is 14.8 Å². The van der Waals surface area contributed by atoms with E-state index in [4.69, 9.17) is 4.74 Å². The number of carbonyl (C=O) groups excluding carboxylic acids is 1. The zero-order valence-corrected chi connectivity index (χ0v) is 15.1. The van der Waals surface area contributed by atoms with Gasteiger partial charge in [0.05, 0.1) is 25.3 Å². The van der Waals surface area contributed by atoms with Crippen molar-refractivity contribution in [2.45, 2.75) is 12.3 Å². The van der Waals surface area contributed by atoms with Crippen molar-refractivity contribution in [2.24, 2.45) is 0 Å². The average molecular weight is 381 g/mol. The molecule has 2 N–H and O–H groups in total. The van der Waals surface area contributed by atoms with Gasteiger partial charge in [-0.25, -0.2) is 0 Å². The first-order chi connectivity index (χ1) is 13.1. The van der Waals surface area contributed by atoms with E-state index in [0.29, 0.717) is 27.7 Å². The summed E-state index contributed by atoms with van der Waals surface area (Å²) in [5.74, 6) is -1.26. The summed E-state index contributed by atoms with van der Waals surface area (Å²) in [5, 5.41) is 11.3. The minimum absolute atomic E-state index is 0.0448. The topological polar surface area (TPSA) is 105 Å². The van der Waals surface area contributed by atoms with Crippen LogP contribution in [0.1, 0.15) is 23.5 Å². The summed E-state index contributed by atoms with van der Waals surface area (Å²) in [4.78, 5) is 27.7. The minimum Gasteiger partial charge on any atom is -0.508 e. The van der Waals surface area contributed by atoms with E-state index in [2.05, 4.69) is 13.7 Å². The molecule has 0 saturated heterocycles. The number of rotatable bonds is 4. The van der Waals surface area contributed by atoms with Crippen molar-refractivity contribution < 1.29 is 14.6 Å². The second-order valence-corrected chi connectivity index (χ2v) is 6.63. The lowest BCUT2D eigenvalue weighted by atomic mass is 9.87. The first kappa shape index (κ1) is 17.2. The molecule has 136 valence electrons. The number of esters is 1.